The van der Waals surface area contributed by atoms with Crippen LogP contribution in [0.15, 0.2) is 363 Å². The Kier molecular flexibility index (Phi) is 20.0. The summed E-state index contributed by atoms with van der Waals surface area (Å²) in [6.07, 6.45) is 3.97. The van der Waals surface area contributed by atoms with E-state index in [4.69, 9.17) is 80.8 Å². The van der Waals surface area contributed by atoms with Crippen LogP contribution in [-0.2, 0) is 57.6 Å². The Morgan fingerprint density at radius 1 is 0.252 bits per heavy atom. The van der Waals surface area contributed by atoms with Crippen molar-refractivity contribution in [2.24, 2.45) is 0 Å². The van der Waals surface area contributed by atoms with Crippen LogP contribution in [0.2, 0.25) is 10.0 Å². The molecular weight excluding hydrogens is 1520 g/mol. The fraction of sp³-hybridized carbons (Fsp3) is 0. The van der Waals surface area contributed by atoms with Crippen LogP contribution in [0.1, 0.15) is 11.1 Å². The molecule has 14 nitrogen and oxygen atoms in total. The highest BCUT2D eigenvalue weighted by Crippen LogP contribution is 2.44. The first-order chi connectivity index (χ1) is 50.4. The maximum absolute atomic E-state index is 8.96. The first-order valence-electron chi connectivity index (χ1n) is 33.5. The average molecular weight is 1580 g/mol. The van der Waals surface area contributed by atoms with E-state index in [1.165, 1.54) is 0 Å². The van der Waals surface area contributed by atoms with E-state index in [9.17, 15) is 0 Å². The highest BCUT2D eigenvalue weighted by molar-refractivity contribution is 7.12. The van der Waals surface area contributed by atoms with Crippen LogP contribution >= 0.6 is 23.2 Å². The van der Waals surface area contributed by atoms with E-state index in [0.29, 0.717) is 61.9 Å². The first-order valence-corrected chi connectivity index (χ1v) is 52.4. The highest BCUT2D eigenvalue weighted by atomic mass is 35.5. The normalized spacial score (nSPS) is 28.7. The molecule has 0 aromatic heterocycles. The lowest BCUT2D eigenvalue weighted by Gasteiger charge is -2.58. The summed E-state index contributed by atoms with van der Waals surface area (Å²) in [4.78, 5) is 0. The van der Waals surface area contributed by atoms with Crippen LogP contribution in [0.25, 0.3) is 12.2 Å². The van der Waals surface area contributed by atoms with Crippen molar-refractivity contribution < 1.29 is 57.6 Å². The van der Waals surface area contributed by atoms with Gasteiger partial charge in [0.2, 0.25) is 0 Å². The van der Waals surface area contributed by atoms with Crippen molar-refractivity contribution in [3.63, 3.8) is 0 Å². The first kappa shape index (κ1) is 69.9. The molecule has 27 heteroatoms. The molecule has 4 aliphatic rings. The lowest BCUT2D eigenvalue weighted by molar-refractivity contribution is 0.0578. The standard InChI is InChI=1S/C76H66Cl2O14Si11/c77-65-55-51-63(52-56-65)59-61-95(68-33-13-2-14-34-68)82-97(79-93,70-37-17-4-18-38-70)86-102(75-47-27-9-28-48-75)87-98(71-39-19-5-20-40-71)80-94(67-31-11-1-12-32-67)81-99(72-41-21-6-22-42-72)88-100(84-95,73-43-23-7-24-44-73)90-103(92-102,76-49-29-10-30-50-76)91-101(89-99,74-45-25-8-26-46-74)85-96(83-98,69-35-15-3-16-36-69)62-60-64-53-57-66(78)58-54-64/h1-62,94H,93H3/t94?,95?,96?,97?,98?,99?,100?,101?,102-,103+/m1/s1. The Balaban J connectivity index is 1.18. The van der Waals surface area contributed by atoms with E-state index < -0.39 is 88.0 Å². The van der Waals surface area contributed by atoms with Crippen molar-refractivity contribution in [3.8, 4) is 0 Å². The predicted octanol–water partition coefficient (Wildman–Crippen LogP) is 8.11. The molecule has 16 rings (SSSR count). The Morgan fingerprint density at radius 3 is 0.825 bits per heavy atom. The Hall–Kier alpha value is -7.47. The minimum absolute atomic E-state index is 0.000428. The molecule has 4 fully saturated rings. The monoisotopic (exact) mass is 1580 g/mol. The van der Waals surface area contributed by atoms with Gasteiger partial charge in [-0.2, -0.15) is 0 Å². The van der Waals surface area contributed by atoms with Gasteiger partial charge >= 0.3 is 88.0 Å². The molecular formula is C76H66Cl2O14Si11. The molecule has 8 unspecified atom stereocenters. The summed E-state index contributed by atoms with van der Waals surface area (Å²) in [5, 5.41) is 6.36. The summed E-state index contributed by atoms with van der Waals surface area (Å²) in [5.41, 5.74) is 5.56. The smallest absolute Gasteiger partial charge is 0.422 e. The average Bonchev–Trinajstić information content (AvgIpc) is 0.686. The van der Waals surface area contributed by atoms with Gasteiger partial charge in [0.1, 0.15) is 10.5 Å². The third-order valence-electron chi connectivity index (χ3n) is 17.9. The molecule has 0 aliphatic carbocycles. The SMILES string of the molecule is [SiH3]O[Si]1(c2ccccc2)O[Si](C=Cc2ccc(Cl)cc2)(c2ccccc2)O[Si]2(c3ccccc3)O[Si]3(c4ccccc4)O[SiH](c4ccccc4)O[Si]4(c5ccccc5)O[Si](C=Cc5ccc(Cl)cc5)(c5ccccc5)O[Si](c5ccccc5)(O3)O[Si@](c3ccccc3)(O2)O[Si@](c2ccccc2)(O1)O4. The predicted molar refractivity (Wildman–Crippen MR) is 426 cm³/mol. The van der Waals surface area contributed by atoms with E-state index in [1.54, 1.807) is 0 Å². The second kappa shape index (κ2) is 29.5. The van der Waals surface area contributed by atoms with Gasteiger partial charge in [-0.15, -0.1) is 0 Å². The van der Waals surface area contributed by atoms with Crippen LogP contribution in [0.4, 0.5) is 0 Å². The van der Waals surface area contributed by atoms with Crippen LogP contribution < -0.4 is 51.9 Å². The fourth-order valence-corrected chi connectivity index (χ4v) is 68.0. The molecule has 4 saturated heterocycles. The highest BCUT2D eigenvalue weighted by Gasteiger charge is 2.80. The van der Waals surface area contributed by atoms with Gasteiger partial charge in [0.25, 0.3) is 0 Å². The third-order valence-corrected chi connectivity index (χ3v) is 60.6. The van der Waals surface area contributed by atoms with E-state index in [0.717, 1.165) is 11.1 Å². The molecule has 0 amide bonds. The minimum Gasteiger partial charge on any atom is -0.422 e. The van der Waals surface area contributed by atoms with Crippen molar-refractivity contribution in [3.05, 3.63) is 384 Å². The van der Waals surface area contributed by atoms with E-state index in [2.05, 4.69) is 0 Å². The van der Waals surface area contributed by atoms with E-state index in [1.807, 2.05) is 375 Å². The number of hydrogen-bond donors (Lipinski definition) is 0. The minimum atomic E-state index is -5.53. The van der Waals surface area contributed by atoms with Crippen LogP contribution in [0.5, 0.6) is 0 Å². The largest absolute Gasteiger partial charge is 0.515 e. The summed E-state index contributed by atoms with van der Waals surface area (Å²) < 4.78 is 122. The number of fused-ring (bicyclic) bond motifs is 6. The Bertz CT molecular complexity index is 4930. The van der Waals surface area contributed by atoms with Gasteiger partial charge in [0, 0.05) is 46.4 Å². The second-order valence-corrected chi connectivity index (χ2v) is 55.6. The van der Waals surface area contributed by atoms with Gasteiger partial charge in [-0.1, -0.05) is 363 Å². The van der Waals surface area contributed by atoms with Gasteiger partial charge in [-0.3, -0.25) is 0 Å². The topological polar surface area (TPSA) is 129 Å². The summed E-state index contributed by atoms with van der Waals surface area (Å²) in [6.45, 7) is 0. The number of benzene rings is 12. The van der Waals surface area contributed by atoms with Crippen LogP contribution in [-0.4, -0.2) is 98.5 Å². The summed E-state index contributed by atoms with van der Waals surface area (Å²) in [7, 11) is -51.1. The molecule has 512 valence electrons. The molecule has 6 bridgehead atoms. The number of halogens is 2. The zero-order chi connectivity index (χ0) is 69.9. The van der Waals surface area contributed by atoms with Crippen LogP contribution in [0, 0.1) is 0 Å². The summed E-state index contributed by atoms with van der Waals surface area (Å²) in [5.74, 6) is 0. The molecule has 0 saturated carbocycles. The second-order valence-electron chi connectivity index (χ2n) is 24.6. The summed E-state index contributed by atoms with van der Waals surface area (Å²) >= 11 is 13.4. The number of rotatable bonds is 15. The van der Waals surface area contributed by atoms with E-state index >= 15 is 0 Å². The molecule has 12 aromatic carbocycles. The van der Waals surface area contributed by atoms with Gasteiger partial charge in [0.05, 0.1) is 0 Å². The molecule has 4 aliphatic heterocycles. The van der Waals surface area contributed by atoms with Crippen molar-refractivity contribution in [2.75, 3.05) is 0 Å². The molecule has 12 aromatic rings. The van der Waals surface area contributed by atoms with Crippen molar-refractivity contribution in [1.82, 2.24) is 0 Å². The lowest BCUT2D eigenvalue weighted by Crippen LogP contribution is -2.90. The molecule has 4 heterocycles. The molecule has 0 spiro atoms. The van der Waals surface area contributed by atoms with Crippen molar-refractivity contribution in [1.29, 1.82) is 0 Å². The van der Waals surface area contributed by atoms with Crippen LogP contribution in [0.3, 0.4) is 0 Å². The van der Waals surface area contributed by atoms with Gasteiger partial charge in [-0.25, -0.2) is 0 Å². The Morgan fingerprint density at radius 2 is 0.495 bits per heavy atom. The van der Waals surface area contributed by atoms with Gasteiger partial charge in [-0.05, 0) is 62.4 Å². The molecule has 0 radical (unpaired) electrons. The van der Waals surface area contributed by atoms with Crippen molar-refractivity contribution in [2.45, 2.75) is 0 Å². The third kappa shape index (κ3) is 13.9. The van der Waals surface area contributed by atoms with E-state index in [-0.39, 0.29) is 10.5 Å². The molecule has 0 N–H and O–H groups in total. The Labute approximate surface area is 622 Å². The maximum Gasteiger partial charge on any atom is 0.515 e. The zero-order valence-electron chi connectivity index (χ0n) is 55.3. The van der Waals surface area contributed by atoms with Gasteiger partial charge in [0.15, 0.2) is 0 Å². The summed E-state index contributed by atoms with van der Waals surface area (Å²) in [6, 6.07) is 113. The van der Waals surface area contributed by atoms with Gasteiger partial charge < -0.3 is 57.6 Å². The van der Waals surface area contributed by atoms with Crippen molar-refractivity contribution >= 4 is 186 Å². The quantitative estimate of drug-likeness (QED) is 0.0917. The molecule has 103 heavy (non-hydrogen) atoms. The number of hydrogen-bond acceptors (Lipinski definition) is 14. The molecule has 10 atom stereocenters. The maximum atomic E-state index is 8.96. The zero-order valence-corrected chi connectivity index (χ0v) is 69.0. The lowest BCUT2D eigenvalue weighted by atomic mass is 10.2. The fourth-order valence-electron chi connectivity index (χ4n) is 12.9.